The van der Waals surface area contributed by atoms with Crippen LogP contribution in [0.4, 0.5) is 9.93 Å². The summed E-state index contributed by atoms with van der Waals surface area (Å²) in [4.78, 5) is 16.7. The maximum absolute atomic E-state index is 12.5. The minimum absolute atomic E-state index is 0.00182. The Morgan fingerprint density at radius 2 is 1.96 bits per heavy atom. The molecule has 4 aliphatic rings. The molecule has 0 aromatic carbocycles. The predicted octanol–water partition coefficient (Wildman–Crippen LogP) is 3.96. The molecule has 4 bridgehead atoms. The van der Waals surface area contributed by atoms with Gasteiger partial charge in [-0.1, -0.05) is 13.8 Å². The highest BCUT2D eigenvalue weighted by Gasteiger charge is 2.58. The van der Waals surface area contributed by atoms with Gasteiger partial charge in [0, 0.05) is 17.1 Å². The number of nitrogens with one attached hydrogen (secondary N) is 2. The fraction of sp³-hybridized carbons (Fsp3) is 0.824. The Hall–Kier alpha value is -1.17. The highest BCUT2D eigenvalue weighted by molar-refractivity contribution is 7.09. The third-order valence-corrected chi connectivity index (χ3v) is 7.18. The summed E-state index contributed by atoms with van der Waals surface area (Å²) in [6.45, 7) is 6.57. The molecule has 126 valence electrons. The quantitative estimate of drug-likeness (QED) is 0.879. The number of aryl methyl sites for hydroxylation is 1. The van der Waals surface area contributed by atoms with Crippen molar-refractivity contribution in [2.24, 2.45) is 23.2 Å². The van der Waals surface area contributed by atoms with Gasteiger partial charge in [0.1, 0.15) is 5.82 Å². The summed E-state index contributed by atoms with van der Waals surface area (Å²) >= 11 is 1.24. The molecule has 2 amide bonds. The molecule has 5 nitrogen and oxygen atoms in total. The van der Waals surface area contributed by atoms with Gasteiger partial charge < -0.3 is 5.32 Å². The zero-order valence-corrected chi connectivity index (χ0v) is 15.0. The molecule has 1 aromatic heterocycles. The highest BCUT2D eigenvalue weighted by Crippen LogP contribution is 2.64. The van der Waals surface area contributed by atoms with E-state index in [0.717, 1.165) is 31.1 Å². The van der Waals surface area contributed by atoms with Crippen molar-refractivity contribution in [2.45, 2.75) is 64.8 Å². The van der Waals surface area contributed by atoms with Crippen LogP contribution in [0.5, 0.6) is 0 Å². The molecule has 0 spiro atoms. The van der Waals surface area contributed by atoms with Crippen LogP contribution in [0.2, 0.25) is 0 Å². The van der Waals surface area contributed by atoms with Gasteiger partial charge in [0.05, 0.1) is 0 Å². The summed E-state index contributed by atoms with van der Waals surface area (Å²) < 4.78 is 4.12. The van der Waals surface area contributed by atoms with Crippen LogP contribution < -0.4 is 10.6 Å². The molecule has 4 saturated carbocycles. The Bertz CT molecular complexity index is 612. The van der Waals surface area contributed by atoms with Gasteiger partial charge in [-0.25, -0.2) is 9.78 Å². The normalized spacial score (nSPS) is 38.1. The van der Waals surface area contributed by atoms with Crippen LogP contribution in [0.15, 0.2) is 0 Å². The van der Waals surface area contributed by atoms with E-state index >= 15 is 0 Å². The van der Waals surface area contributed by atoms with E-state index in [2.05, 4.69) is 33.8 Å². The van der Waals surface area contributed by atoms with Gasteiger partial charge in [-0.2, -0.15) is 4.37 Å². The van der Waals surface area contributed by atoms with Gasteiger partial charge >= 0.3 is 6.03 Å². The number of nitrogens with zero attached hydrogens (tertiary/aromatic N) is 2. The number of amides is 2. The average Bonchev–Trinajstić information content (AvgIpc) is 2.81. The van der Waals surface area contributed by atoms with Crippen LogP contribution in [0.1, 0.15) is 58.2 Å². The molecule has 0 radical (unpaired) electrons. The summed E-state index contributed by atoms with van der Waals surface area (Å²) in [6.07, 6.45) is 7.55. The third-order valence-electron chi connectivity index (χ3n) is 6.46. The van der Waals surface area contributed by atoms with Gasteiger partial charge in [-0.15, -0.1) is 0 Å². The smallest absolute Gasteiger partial charge is 0.321 e. The number of carbonyl (C=O) groups is 1. The fourth-order valence-electron chi connectivity index (χ4n) is 5.87. The first-order chi connectivity index (χ1) is 10.9. The summed E-state index contributed by atoms with van der Waals surface area (Å²) in [6, 6.07) is -0.109. The van der Waals surface area contributed by atoms with E-state index in [-0.39, 0.29) is 11.6 Å². The molecule has 23 heavy (non-hydrogen) atoms. The first-order valence-corrected chi connectivity index (χ1v) is 9.55. The van der Waals surface area contributed by atoms with Gasteiger partial charge in [0.25, 0.3) is 0 Å². The van der Waals surface area contributed by atoms with Gasteiger partial charge in [-0.3, -0.25) is 5.32 Å². The number of hydrogen-bond donors (Lipinski definition) is 2. The lowest BCUT2D eigenvalue weighted by Gasteiger charge is -2.63. The zero-order chi connectivity index (χ0) is 16.2. The minimum atomic E-state index is -0.109. The number of anilines is 1. The monoisotopic (exact) mass is 334 g/mol. The third kappa shape index (κ3) is 2.65. The molecule has 0 unspecified atom stereocenters. The Balaban J connectivity index is 1.50. The van der Waals surface area contributed by atoms with Crippen molar-refractivity contribution in [3.05, 3.63) is 5.82 Å². The average molecular weight is 334 g/mol. The molecule has 0 saturated heterocycles. The van der Waals surface area contributed by atoms with Crippen LogP contribution in [-0.4, -0.2) is 20.9 Å². The number of hydrogen-bond acceptors (Lipinski definition) is 4. The van der Waals surface area contributed by atoms with Crippen LogP contribution in [0, 0.1) is 30.1 Å². The summed E-state index contributed by atoms with van der Waals surface area (Å²) in [5, 5.41) is 6.81. The number of carbonyl (C=O) groups excluding carboxylic acids is 1. The van der Waals surface area contributed by atoms with E-state index in [0.29, 0.717) is 22.3 Å². The second-order valence-electron chi connectivity index (χ2n) is 8.48. The van der Waals surface area contributed by atoms with Crippen molar-refractivity contribution in [3.63, 3.8) is 0 Å². The molecule has 4 aliphatic carbocycles. The second kappa shape index (κ2) is 5.16. The van der Waals surface area contributed by atoms with Crippen LogP contribution in [0.3, 0.4) is 0 Å². The lowest BCUT2D eigenvalue weighted by atomic mass is 9.44. The Labute approximate surface area is 141 Å². The lowest BCUT2D eigenvalue weighted by Crippen LogP contribution is -2.64. The summed E-state index contributed by atoms with van der Waals surface area (Å²) in [7, 11) is 0. The zero-order valence-electron chi connectivity index (χ0n) is 14.2. The Kier molecular flexibility index (Phi) is 3.45. The number of aromatic nitrogens is 2. The van der Waals surface area contributed by atoms with Crippen molar-refractivity contribution in [2.75, 3.05) is 5.32 Å². The van der Waals surface area contributed by atoms with Gasteiger partial charge in [-0.05, 0) is 68.6 Å². The molecule has 1 heterocycles. The van der Waals surface area contributed by atoms with Crippen molar-refractivity contribution in [1.82, 2.24) is 14.7 Å². The molecule has 2 atom stereocenters. The molecule has 0 aliphatic heterocycles. The van der Waals surface area contributed by atoms with Gasteiger partial charge in [0.15, 0.2) is 0 Å². The van der Waals surface area contributed by atoms with E-state index in [1.54, 1.807) is 0 Å². The minimum Gasteiger partial charge on any atom is -0.332 e. The first-order valence-electron chi connectivity index (χ1n) is 8.78. The van der Waals surface area contributed by atoms with Crippen molar-refractivity contribution in [1.29, 1.82) is 0 Å². The Morgan fingerprint density at radius 3 is 2.52 bits per heavy atom. The largest absolute Gasteiger partial charge is 0.332 e. The molecule has 1 aromatic rings. The fourth-order valence-corrected chi connectivity index (χ4v) is 6.44. The first kappa shape index (κ1) is 15.4. The standard InChI is InChI=1S/C17H26N4OS/c1-10(2)16-5-12-4-13(6-16)8-17(7-12,9-16)20-14(22)19-15-18-11(3)21-23-15/h10,12-13H,4-9H2,1-3H3,(H2,18,19,20,21,22)/t12-,13-,16?,17?/m0/s1. The molecule has 5 rings (SSSR count). The van der Waals surface area contributed by atoms with E-state index < -0.39 is 0 Å². The van der Waals surface area contributed by atoms with Crippen molar-refractivity contribution in [3.8, 4) is 0 Å². The second-order valence-corrected chi connectivity index (χ2v) is 9.24. The molecule has 4 fully saturated rings. The topological polar surface area (TPSA) is 66.9 Å². The maximum Gasteiger partial charge on any atom is 0.321 e. The van der Waals surface area contributed by atoms with Crippen LogP contribution >= 0.6 is 11.5 Å². The molecule has 6 heteroatoms. The van der Waals surface area contributed by atoms with Crippen LogP contribution in [-0.2, 0) is 0 Å². The molecule has 2 N–H and O–H groups in total. The number of rotatable bonds is 3. The lowest BCUT2D eigenvalue weighted by molar-refractivity contribution is -0.0994. The van der Waals surface area contributed by atoms with Crippen molar-refractivity contribution >= 4 is 22.7 Å². The van der Waals surface area contributed by atoms with E-state index in [9.17, 15) is 4.79 Å². The van der Waals surface area contributed by atoms with E-state index in [4.69, 9.17) is 0 Å². The summed E-state index contributed by atoms with van der Waals surface area (Å²) in [5.74, 6) is 2.99. The highest BCUT2D eigenvalue weighted by atomic mass is 32.1. The summed E-state index contributed by atoms with van der Waals surface area (Å²) in [5.41, 5.74) is 0.439. The van der Waals surface area contributed by atoms with E-state index in [1.165, 1.54) is 30.8 Å². The van der Waals surface area contributed by atoms with E-state index in [1.807, 2.05) is 6.92 Å². The molecular weight excluding hydrogens is 308 g/mol. The van der Waals surface area contributed by atoms with Crippen molar-refractivity contribution < 1.29 is 4.79 Å². The predicted molar refractivity (Wildman–Crippen MR) is 91.5 cm³/mol. The number of urea groups is 1. The maximum atomic E-state index is 12.5. The van der Waals surface area contributed by atoms with Crippen LogP contribution in [0.25, 0.3) is 0 Å². The Morgan fingerprint density at radius 1 is 1.26 bits per heavy atom. The van der Waals surface area contributed by atoms with Gasteiger partial charge in [0.2, 0.25) is 5.13 Å². The SMILES string of the molecule is Cc1nsc(NC(=O)NC23C[C@H]4C[C@H](C2)CC(C(C)C)(C4)C3)n1. The molecular formula is C17H26N4OS.